The Labute approximate surface area is 190 Å². The molecule has 0 radical (unpaired) electrons. The first-order chi connectivity index (χ1) is 14.7. The number of nitrogens with zero attached hydrogens (tertiary/aromatic N) is 2. The first-order valence-electron chi connectivity index (χ1n) is 9.38. The third-order valence-electron chi connectivity index (χ3n) is 5.09. The van der Waals surface area contributed by atoms with Crippen LogP contribution in [0.15, 0.2) is 60.0 Å². The van der Waals surface area contributed by atoms with E-state index in [2.05, 4.69) is 4.98 Å². The molecule has 164 valence electrons. The van der Waals surface area contributed by atoms with Gasteiger partial charge in [0, 0.05) is 28.5 Å². The molecule has 7 nitrogen and oxygen atoms in total. The summed E-state index contributed by atoms with van der Waals surface area (Å²) in [6, 6.07) is 10.0. The van der Waals surface area contributed by atoms with Crippen molar-refractivity contribution in [3.63, 3.8) is 0 Å². The van der Waals surface area contributed by atoms with Crippen molar-refractivity contribution in [1.82, 2.24) is 9.55 Å². The fourth-order valence-electron chi connectivity index (χ4n) is 3.63. The summed E-state index contributed by atoms with van der Waals surface area (Å²) in [6.07, 6.45) is 4.39. The van der Waals surface area contributed by atoms with Crippen molar-refractivity contribution in [3.05, 3.63) is 81.9 Å². The van der Waals surface area contributed by atoms with Gasteiger partial charge in [0.2, 0.25) is 5.79 Å². The monoisotopic (exact) mass is 482 g/mol. The zero-order chi connectivity index (χ0) is 22.2. The summed E-state index contributed by atoms with van der Waals surface area (Å²) in [5.74, 6) is -1.27. The van der Waals surface area contributed by atoms with Crippen LogP contribution in [0.4, 0.5) is 0 Å². The Bertz CT molecular complexity index is 1200. The number of halogens is 2. The SMILES string of the molecule is COS(=O)(=O)c1ccc(C)cc1[C@@H]1CO[C@@](Cn2ccnc2)(c2ccc(Cl)cc2Cl)O1. The highest BCUT2D eigenvalue weighted by atomic mass is 35.5. The maximum Gasteiger partial charge on any atom is 0.297 e. The number of imidazole rings is 1. The summed E-state index contributed by atoms with van der Waals surface area (Å²) in [7, 11) is -2.82. The number of hydrogen-bond acceptors (Lipinski definition) is 6. The van der Waals surface area contributed by atoms with Gasteiger partial charge in [0.25, 0.3) is 10.1 Å². The lowest BCUT2D eigenvalue weighted by atomic mass is 10.0. The first-order valence-corrected chi connectivity index (χ1v) is 11.5. The quantitative estimate of drug-likeness (QED) is 0.482. The molecule has 10 heteroatoms. The van der Waals surface area contributed by atoms with E-state index >= 15 is 0 Å². The summed E-state index contributed by atoms with van der Waals surface area (Å²) in [6.45, 7) is 2.24. The molecule has 1 aliphatic rings. The maximum absolute atomic E-state index is 12.5. The molecule has 0 N–H and O–H groups in total. The van der Waals surface area contributed by atoms with E-state index in [1.165, 1.54) is 6.07 Å². The molecule has 2 aromatic carbocycles. The van der Waals surface area contributed by atoms with Crippen LogP contribution in [0.5, 0.6) is 0 Å². The van der Waals surface area contributed by atoms with E-state index in [0.29, 0.717) is 21.2 Å². The topological polar surface area (TPSA) is 79.7 Å². The Morgan fingerprint density at radius 2 is 2.06 bits per heavy atom. The van der Waals surface area contributed by atoms with Gasteiger partial charge in [-0.15, -0.1) is 0 Å². The van der Waals surface area contributed by atoms with Gasteiger partial charge in [0.05, 0.1) is 36.5 Å². The highest BCUT2D eigenvalue weighted by molar-refractivity contribution is 7.86. The minimum absolute atomic E-state index is 0.0369. The van der Waals surface area contributed by atoms with Gasteiger partial charge in [0.15, 0.2) is 0 Å². The van der Waals surface area contributed by atoms with Gasteiger partial charge < -0.3 is 14.0 Å². The number of hydrogen-bond donors (Lipinski definition) is 0. The summed E-state index contributed by atoms with van der Waals surface area (Å²) >= 11 is 12.6. The molecule has 0 spiro atoms. The van der Waals surface area contributed by atoms with Crippen LogP contribution in [-0.4, -0.2) is 31.7 Å². The average molecular weight is 483 g/mol. The molecule has 3 aromatic rings. The normalized spacial score (nSPS) is 21.5. The van der Waals surface area contributed by atoms with Crippen LogP contribution >= 0.6 is 23.2 Å². The minimum Gasteiger partial charge on any atom is -0.341 e. The molecule has 4 rings (SSSR count). The molecular formula is C21H20Cl2N2O5S. The van der Waals surface area contributed by atoms with Crippen LogP contribution in [0.25, 0.3) is 0 Å². The van der Waals surface area contributed by atoms with Crippen LogP contribution in [-0.2, 0) is 36.1 Å². The summed E-state index contributed by atoms with van der Waals surface area (Å²) in [5.41, 5.74) is 1.92. The molecule has 1 aliphatic heterocycles. The van der Waals surface area contributed by atoms with Crippen molar-refractivity contribution in [2.75, 3.05) is 13.7 Å². The van der Waals surface area contributed by atoms with Crippen molar-refractivity contribution in [2.45, 2.75) is 30.3 Å². The lowest BCUT2D eigenvalue weighted by Gasteiger charge is -2.30. The Morgan fingerprint density at radius 3 is 2.74 bits per heavy atom. The summed E-state index contributed by atoms with van der Waals surface area (Å²) in [5, 5.41) is 0.857. The van der Waals surface area contributed by atoms with E-state index in [1.807, 2.05) is 6.92 Å². The van der Waals surface area contributed by atoms with E-state index in [-0.39, 0.29) is 18.0 Å². The average Bonchev–Trinajstić information content (AvgIpc) is 3.38. The highest BCUT2D eigenvalue weighted by Gasteiger charge is 2.46. The molecule has 2 atom stereocenters. The molecule has 0 saturated carbocycles. The summed E-state index contributed by atoms with van der Waals surface area (Å²) in [4.78, 5) is 4.11. The van der Waals surface area contributed by atoms with Crippen LogP contribution in [0, 0.1) is 6.92 Å². The Kier molecular flexibility index (Phi) is 6.13. The predicted octanol–water partition coefficient (Wildman–Crippen LogP) is 4.47. The minimum atomic E-state index is -3.94. The molecule has 0 amide bonds. The maximum atomic E-state index is 12.5. The third kappa shape index (κ3) is 4.37. The van der Waals surface area contributed by atoms with E-state index in [4.69, 9.17) is 36.9 Å². The zero-order valence-corrected chi connectivity index (χ0v) is 19.1. The molecule has 1 fully saturated rings. The second-order valence-electron chi connectivity index (χ2n) is 7.19. The fourth-order valence-corrected chi connectivity index (χ4v) is 5.07. The van der Waals surface area contributed by atoms with Crippen LogP contribution in [0.2, 0.25) is 10.0 Å². The van der Waals surface area contributed by atoms with E-state index < -0.39 is 22.0 Å². The molecule has 1 saturated heterocycles. The fraction of sp³-hybridized carbons (Fsp3) is 0.286. The van der Waals surface area contributed by atoms with Gasteiger partial charge in [-0.05, 0) is 25.1 Å². The zero-order valence-electron chi connectivity index (χ0n) is 16.8. The predicted molar refractivity (Wildman–Crippen MR) is 116 cm³/mol. The number of rotatable bonds is 6. The van der Waals surface area contributed by atoms with E-state index in [9.17, 15) is 8.42 Å². The molecule has 1 aromatic heterocycles. The molecule has 2 heterocycles. The summed E-state index contributed by atoms with van der Waals surface area (Å²) < 4.78 is 44.2. The lowest BCUT2D eigenvalue weighted by molar-refractivity contribution is -0.188. The molecule has 0 aliphatic carbocycles. The molecule has 31 heavy (non-hydrogen) atoms. The molecule has 0 bridgehead atoms. The van der Waals surface area contributed by atoms with Crippen LogP contribution < -0.4 is 0 Å². The highest BCUT2D eigenvalue weighted by Crippen LogP contribution is 2.45. The third-order valence-corrected chi connectivity index (χ3v) is 6.99. The van der Waals surface area contributed by atoms with E-state index in [0.717, 1.165) is 12.7 Å². The largest absolute Gasteiger partial charge is 0.341 e. The van der Waals surface area contributed by atoms with Gasteiger partial charge in [0.1, 0.15) is 6.10 Å². The number of benzene rings is 2. The van der Waals surface area contributed by atoms with Gasteiger partial charge in [-0.2, -0.15) is 8.42 Å². The Balaban J connectivity index is 1.79. The van der Waals surface area contributed by atoms with Crippen LogP contribution in [0.1, 0.15) is 22.8 Å². The van der Waals surface area contributed by atoms with E-state index in [1.54, 1.807) is 53.6 Å². The van der Waals surface area contributed by atoms with Gasteiger partial charge in [-0.25, -0.2) is 4.98 Å². The number of aryl methyl sites for hydroxylation is 1. The second kappa shape index (κ2) is 8.54. The smallest absolute Gasteiger partial charge is 0.297 e. The standard InChI is InChI=1S/C21H20Cl2N2O5S/c1-14-3-6-20(31(26,27)28-2)16(9-14)19-11-29-21(30-19,12-25-8-7-24-13-25)17-5-4-15(22)10-18(17)23/h3-10,13,19H,11-12H2,1-2H3/t19-,21+/m0/s1. The molecule has 0 unspecified atom stereocenters. The van der Waals surface area contributed by atoms with Gasteiger partial charge >= 0.3 is 0 Å². The van der Waals surface area contributed by atoms with Crippen molar-refractivity contribution in [1.29, 1.82) is 0 Å². The van der Waals surface area contributed by atoms with Crippen molar-refractivity contribution in [3.8, 4) is 0 Å². The van der Waals surface area contributed by atoms with Crippen molar-refractivity contribution < 1.29 is 22.1 Å². The first kappa shape index (κ1) is 22.3. The van der Waals surface area contributed by atoms with Crippen molar-refractivity contribution in [2.24, 2.45) is 0 Å². The van der Waals surface area contributed by atoms with Crippen molar-refractivity contribution >= 4 is 33.3 Å². The van der Waals surface area contributed by atoms with Gasteiger partial charge in [-0.3, -0.25) is 4.18 Å². The lowest BCUT2D eigenvalue weighted by Crippen LogP contribution is -2.33. The Hall–Kier alpha value is -1.94. The number of ether oxygens (including phenoxy) is 2. The molecular weight excluding hydrogens is 463 g/mol. The second-order valence-corrected chi connectivity index (χ2v) is 9.72. The van der Waals surface area contributed by atoms with Crippen LogP contribution in [0.3, 0.4) is 0 Å². The van der Waals surface area contributed by atoms with Gasteiger partial charge in [-0.1, -0.05) is 47.0 Å². The Morgan fingerprint density at radius 1 is 1.26 bits per heavy atom. The number of aromatic nitrogens is 2.